The van der Waals surface area contributed by atoms with Gasteiger partial charge in [0, 0.05) is 37.4 Å². The number of hydrogen-bond acceptors (Lipinski definition) is 4. The number of amides is 1. The van der Waals surface area contributed by atoms with Crippen LogP contribution in [-0.2, 0) is 11.3 Å². The molecule has 0 fully saturated rings. The molecule has 0 radical (unpaired) electrons. The van der Waals surface area contributed by atoms with Crippen LogP contribution in [-0.4, -0.2) is 56.9 Å². The molecule has 0 spiro atoms. The summed E-state index contributed by atoms with van der Waals surface area (Å²) in [6.07, 6.45) is 0.165. The van der Waals surface area contributed by atoms with Gasteiger partial charge >= 0.3 is 5.69 Å². The van der Waals surface area contributed by atoms with Crippen molar-refractivity contribution >= 4 is 5.91 Å². The van der Waals surface area contributed by atoms with Crippen LogP contribution in [0.25, 0.3) is 0 Å². The molecule has 0 atom stereocenters. The molecule has 0 aliphatic carbocycles. The lowest BCUT2D eigenvalue weighted by atomic mass is 10.3. The van der Waals surface area contributed by atoms with E-state index in [1.165, 1.54) is 9.47 Å². The van der Waals surface area contributed by atoms with E-state index in [0.29, 0.717) is 6.54 Å². The number of carbonyl (C=O) groups is 1. The van der Waals surface area contributed by atoms with Gasteiger partial charge in [0.1, 0.15) is 0 Å². The number of nitrogens with one attached hydrogen (secondary N) is 1. The third kappa shape index (κ3) is 3.93. The number of imidazole rings is 1. The molecule has 7 heteroatoms. The molecule has 1 aromatic heterocycles. The number of aliphatic hydroxyl groups excluding tert-OH is 2. The highest BCUT2D eigenvalue weighted by atomic mass is 16.3. The summed E-state index contributed by atoms with van der Waals surface area (Å²) in [5.74, 6) is -0.187. The fourth-order valence-corrected chi connectivity index (χ4v) is 1.91. The summed E-state index contributed by atoms with van der Waals surface area (Å²) in [6, 6.07) is 0. The minimum atomic E-state index is -0.223. The zero-order valence-electron chi connectivity index (χ0n) is 11.3. The SMILES string of the molecule is Cc1[nH]c(=O)n(CCC(=O)N(CCO)CCO)c1C. The number of aromatic amines is 1. The van der Waals surface area contributed by atoms with E-state index in [1.54, 1.807) is 6.92 Å². The van der Waals surface area contributed by atoms with E-state index in [0.717, 1.165) is 11.4 Å². The summed E-state index contributed by atoms with van der Waals surface area (Å²) >= 11 is 0. The predicted octanol–water partition coefficient (Wildman–Crippen LogP) is -1.00. The van der Waals surface area contributed by atoms with E-state index in [1.807, 2.05) is 6.92 Å². The third-order valence-corrected chi connectivity index (χ3v) is 3.13. The predicted molar refractivity (Wildman–Crippen MR) is 69.9 cm³/mol. The van der Waals surface area contributed by atoms with Crippen molar-refractivity contribution < 1.29 is 15.0 Å². The van der Waals surface area contributed by atoms with Gasteiger partial charge in [-0.05, 0) is 13.8 Å². The Morgan fingerprint density at radius 2 is 1.84 bits per heavy atom. The molecular formula is C12H21N3O4. The number of aryl methyl sites for hydroxylation is 1. The molecule has 1 heterocycles. The molecule has 0 aromatic carbocycles. The van der Waals surface area contributed by atoms with Crippen molar-refractivity contribution in [2.45, 2.75) is 26.8 Å². The average Bonchev–Trinajstić information content (AvgIpc) is 2.61. The van der Waals surface area contributed by atoms with Crippen molar-refractivity contribution in [1.29, 1.82) is 0 Å². The van der Waals surface area contributed by atoms with E-state index in [4.69, 9.17) is 10.2 Å². The summed E-state index contributed by atoms with van der Waals surface area (Å²) in [5, 5.41) is 17.7. The maximum Gasteiger partial charge on any atom is 0.325 e. The topological polar surface area (TPSA) is 98.6 Å². The number of aliphatic hydroxyl groups is 2. The number of carbonyl (C=O) groups excluding carboxylic acids is 1. The number of nitrogens with zero attached hydrogens (tertiary/aromatic N) is 2. The Bertz CT molecular complexity index is 472. The minimum Gasteiger partial charge on any atom is -0.395 e. The Morgan fingerprint density at radius 3 is 2.26 bits per heavy atom. The molecule has 1 amide bonds. The van der Waals surface area contributed by atoms with Crippen LogP contribution in [0.5, 0.6) is 0 Å². The zero-order chi connectivity index (χ0) is 14.4. The summed E-state index contributed by atoms with van der Waals surface area (Å²) < 4.78 is 1.52. The van der Waals surface area contributed by atoms with Gasteiger partial charge in [0.2, 0.25) is 5.91 Å². The van der Waals surface area contributed by atoms with Crippen LogP contribution >= 0.6 is 0 Å². The Morgan fingerprint density at radius 1 is 1.26 bits per heavy atom. The first kappa shape index (κ1) is 15.5. The van der Waals surface area contributed by atoms with E-state index in [9.17, 15) is 9.59 Å². The van der Waals surface area contributed by atoms with Crippen LogP contribution in [0.4, 0.5) is 0 Å². The smallest absolute Gasteiger partial charge is 0.325 e. The first-order chi connectivity index (χ1) is 9.01. The van der Waals surface area contributed by atoms with E-state index < -0.39 is 0 Å². The van der Waals surface area contributed by atoms with Crippen LogP contribution < -0.4 is 5.69 Å². The minimum absolute atomic E-state index is 0.145. The van der Waals surface area contributed by atoms with Gasteiger partial charge in [-0.1, -0.05) is 0 Å². The molecule has 3 N–H and O–H groups in total. The van der Waals surface area contributed by atoms with Crippen molar-refractivity contribution in [3.63, 3.8) is 0 Å². The normalized spacial score (nSPS) is 10.7. The van der Waals surface area contributed by atoms with E-state index in [2.05, 4.69) is 4.98 Å². The Labute approximate surface area is 111 Å². The highest BCUT2D eigenvalue weighted by molar-refractivity contribution is 5.76. The summed E-state index contributed by atoms with van der Waals surface area (Å²) in [6.45, 7) is 4.01. The maximum absolute atomic E-state index is 11.9. The van der Waals surface area contributed by atoms with Crippen LogP contribution in [0.3, 0.4) is 0 Å². The Kier molecular flexibility index (Phi) is 5.78. The number of H-pyrrole nitrogens is 1. The van der Waals surface area contributed by atoms with Crippen molar-refractivity contribution in [3.8, 4) is 0 Å². The third-order valence-electron chi connectivity index (χ3n) is 3.13. The molecule has 0 saturated carbocycles. The highest BCUT2D eigenvalue weighted by Gasteiger charge is 2.14. The second-order valence-corrected chi connectivity index (χ2v) is 4.37. The van der Waals surface area contributed by atoms with Crippen molar-refractivity contribution in [2.24, 2.45) is 0 Å². The van der Waals surface area contributed by atoms with Crippen LogP contribution in [0.15, 0.2) is 4.79 Å². The molecule has 1 aromatic rings. The van der Waals surface area contributed by atoms with Gasteiger partial charge in [0.15, 0.2) is 0 Å². The lowest BCUT2D eigenvalue weighted by molar-refractivity contribution is -0.132. The van der Waals surface area contributed by atoms with Gasteiger partial charge in [0.05, 0.1) is 13.2 Å². The van der Waals surface area contributed by atoms with Gasteiger partial charge in [-0.3, -0.25) is 9.36 Å². The molecular weight excluding hydrogens is 250 g/mol. The number of aromatic nitrogens is 2. The zero-order valence-corrected chi connectivity index (χ0v) is 11.3. The van der Waals surface area contributed by atoms with E-state index in [-0.39, 0.29) is 44.3 Å². The summed E-state index contributed by atoms with van der Waals surface area (Å²) in [7, 11) is 0. The van der Waals surface area contributed by atoms with Gasteiger partial charge in [-0.15, -0.1) is 0 Å². The first-order valence-corrected chi connectivity index (χ1v) is 6.26. The second kappa shape index (κ2) is 7.10. The fourth-order valence-electron chi connectivity index (χ4n) is 1.91. The molecule has 0 bridgehead atoms. The second-order valence-electron chi connectivity index (χ2n) is 4.37. The summed E-state index contributed by atoms with van der Waals surface area (Å²) in [5.41, 5.74) is 1.38. The van der Waals surface area contributed by atoms with E-state index >= 15 is 0 Å². The highest BCUT2D eigenvalue weighted by Crippen LogP contribution is 2.03. The molecule has 19 heavy (non-hydrogen) atoms. The van der Waals surface area contributed by atoms with Gasteiger partial charge in [0.25, 0.3) is 0 Å². The number of hydrogen-bond donors (Lipinski definition) is 3. The molecule has 108 valence electrons. The fraction of sp³-hybridized carbons (Fsp3) is 0.667. The van der Waals surface area contributed by atoms with Crippen molar-refractivity contribution in [1.82, 2.24) is 14.5 Å². The molecule has 7 nitrogen and oxygen atoms in total. The number of rotatable bonds is 7. The van der Waals surface area contributed by atoms with Crippen molar-refractivity contribution in [2.75, 3.05) is 26.3 Å². The van der Waals surface area contributed by atoms with Gasteiger partial charge in [-0.2, -0.15) is 0 Å². The first-order valence-electron chi connectivity index (χ1n) is 6.26. The molecule has 0 unspecified atom stereocenters. The largest absolute Gasteiger partial charge is 0.395 e. The Balaban J connectivity index is 2.64. The summed E-state index contributed by atoms with van der Waals surface area (Å²) in [4.78, 5) is 27.6. The van der Waals surface area contributed by atoms with Crippen LogP contribution in [0, 0.1) is 13.8 Å². The molecule has 1 rings (SSSR count). The van der Waals surface area contributed by atoms with Crippen LogP contribution in [0.2, 0.25) is 0 Å². The maximum atomic E-state index is 11.9. The molecule has 0 aliphatic rings. The molecule has 0 aliphatic heterocycles. The Hall–Kier alpha value is -1.60. The monoisotopic (exact) mass is 271 g/mol. The lowest BCUT2D eigenvalue weighted by Crippen LogP contribution is -2.36. The lowest BCUT2D eigenvalue weighted by Gasteiger charge is -2.20. The van der Waals surface area contributed by atoms with Crippen molar-refractivity contribution in [3.05, 3.63) is 21.9 Å². The van der Waals surface area contributed by atoms with Crippen LogP contribution in [0.1, 0.15) is 17.8 Å². The standard InChI is InChI=1S/C12H21N3O4/c1-9-10(2)15(12(19)13-9)4-3-11(18)14(5-7-16)6-8-17/h16-17H,3-8H2,1-2H3,(H,13,19). The average molecular weight is 271 g/mol. The molecule has 0 saturated heterocycles. The van der Waals surface area contributed by atoms with Gasteiger partial charge in [-0.25, -0.2) is 4.79 Å². The quantitative estimate of drug-likeness (QED) is 0.592. The van der Waals surface area contributed by atoms with Gasteiger partial charge < -0.3 is 20.1 Å².